The summed E-state index contributed by atoms with van der Waals surface area (Å²) in [4.78, 5) is 34.0. The van der Waals surface area contributed by atoms with E-state index in [0.717, 1.165) is 17.9 Å². The first kappa shape index (κ1) is 18.3. The van der Waals surface area contributed by atoms with Gasteiger partial charge < -0.3 is 24.7 Å². The molecule has 1 saturated heterocycles. The number of rotatable bonds is 5. The van der Waals surface area contributed by atoms with Gasteiger partial charge in [0, 0.05) is 25.5 Å². The van der Waals surface area contributed by atoms with Gasteiger partial charge >= 0.3 is 6.09 Å². The lowest BCUT2D eigenvalue weighted by Gasteiger charge is -2.30. The van der Waals surface area contributed by atoms with Crippen molar-refractivity contribution in [3.8, 4) is 0 Å². The first-order valence-corrected chi connectivity index (χ1v) is 8.06. The molecule has 1 fully saturated rings. The minimum atomic E-state index is -0.814. The third kappa shape index (κ3) is 3.87. The molecule has 1 aliphatic heterocycles. The normalized spacial score (nSPS) is 23.0. The predicted molar refractivity (Wildman–Crippen MR) is 87.4 cm³/mol. The van der Waals surface area contributed by atoms with E-state index >= 15 is 0 Å². The fourth-order valence-corrected chi connectivity index (χ4v) is 3.03. The van der Waals surface area contributed by atoms with Gasteiger partial charge in [-0.1, -0.05) is 6.92 Å². The first-order valence-electron chi connectivity index (χ1n) is 8.06. The van der Waals surface area contributed by atoms with Crippen LogP contribution in [0.3, 0.4) is 0 Å². The smallest absolute Gasteiger partial charge is 0.407 e. The van der Waals surface area contributed by atoms with Crippen LogP contribution in [-0.2, 0) is 14.3 Å². The van der Waals surface area contributed by atoms with E-state index in [2.05, 4.69) is 26.9 Å². The molecule has 2 amide bonds. The van der Waals surface area contributed by atoms with E-state index < -0.39 is 18.2 Å². The quantitative estimate of drug-likeness (QED) is 0.845. The topological polar surface area (TPSA) is 96.5 Å². The Morgan fingerprint density at radius 2 is 2.17 bits per heavy atom. The van der Waals surface area contributed by atoms with Gasteiger partial charge in [0.15, 0.2) is 0 Å². The Balaban J connectivity index is 2.23. The maximum atomic E-state index is 13.1. The van der Waals surface area contributed by atoms with Crippen molar-refractivity contribution in [1.82, 2.24) is 20.2 Å². The molecule has 4 unspecified atom stereocenters. The number of aromatic amines is 1. The molecule has 0 bridgehead atoms. The molecule has 1 aromatic rings. The number of imidazole rings is 1. The number of aryl methyl sites for hydroxylation is 1. The van der Waals surface area contributed by atoms with Crippen molar-refractivity contribution in [2.75, 3.05) is 20.8 Å². The van der Waals surface area contributed by atoms with Gasteiger partial charge in [-0.15, -0.1) is 0 Å². The lowest BCUT2D eigenvalue weighted by Crippen LogP contribution is -2.54. The van der Waals surface area contributed by atoms with E-state index in [1.807, 2.05) is 6.92 Å². The predicted octanol–water partition coefficient (Wildman–Crippen LogP) is 1.39. The third-order valence-corrected chi connectivity index (χ3v) is 4.40. The number of aromatic nitrogens is 2. The highest BCUT2D eigenvalue weighted by atomic mass is 16.5. The molecule has 0 radical (unpaired) electrons. The number of nitrogens with one attached hydrogen (secondary N) is 2. The number of carbonyl (C=O) groups is 2. The Hall–Kier alpha value is -2.09. The fraction of sp³-hybridized carbons (Fsp3) is 0.688. The van der Waals surface area contributed by atoms with Gasteiger partial charge in [-0.25, -0.2) is 9.78 Å². The van der Waals surface area contributed by atoms with Crippen LogP contribution in [0.2, 0.25) is 0 Å². The summed E-state index contributed by atoms with van der Waals surface area (Å²) in [5, 5.41) is 2.58. The zero-order valence-electron chi connectivity index (χ0n) is 14.8. The average molecular weight is 338 g/mol. The number of likely N-dealkylation sites (tertiary alicyclic amines) is 1. The maximum absolute atomic E-state index is 13.1. The molecule has 134 valence electrons. The molecular formula is C16H26N4O4. The van der Waals surface area contributed by atoms with E-state index in [1.165, 1.54) is 14.2 Å². The Morgan fingerprint density at radius 3 is 2.71 bits per heavy atom. The number of methoxy groups -OCH3 is 2. The summed E-state index contributed by atoms with van der Waals surface area (Å²) in [6, 6.07) is -0.946. The van der Waals surface area contributed by atoms with Crippen LogP contribution in [0.1, 0.15) is 37.8 Å². The summed E-state index contributed by atoms with van der Waals surface area (Å²) < 4.78 is 9.90. The number of H-pyrrole nitrogens is 1. The molecule has 2 heterocycles. The van der Waals surface area contributed by atoms with E-state index in [1.54, 1.807) is 18.0 Å². The Morgan fingerprint density at radius 1 is 1.46 bits per heavy atom. The zero-order chi connectivity index (χ0) is 17.9. The zero-order valence-corrected chi connectivity index (χ0v) is 14.8. The van der Waals surface area contributed by atoms with Crippen molar-refractivity contribution in [2.45, 2.75) is 45.4 Å². The van der Waals surface area contributed by atoms with E-state index in [9.17, 15) is 9.59 Å². The average Bonchev–Trinajstić information content (AvgIpc) is 3.16. The highest BCUT2D eigenvalue weighted by Gasteiger charge is 2.40. The SMILES string of the molecule is COC(=O)NC(C(=O)N1CC(C)CC1c1ncc(C)[nH]1)C(C)OC. The van der Waals surface area contributed by atoms with Crippen molar-refractivity contribution in [3.63, 3.8) is 0 Å². The van der Waals surface area contributed by atoms with Crippen LogP contribution in [-0.4, -0.2) is 59.8 Å². The number of amides is 2. The maximum Gasteiger partial charge on any atom is 0.407 e. The number of ether oxygens (including phenoxy) is 2. The molecule has 2 N–H and O–H groups in total. The monoisotopic (exact) mass is 338 g/mol. The molecule has 24 heavy (non-hydrogen) atoms. The van der Waals surface area contributed by atoms with Crippen molar-refractivity contribution < 1.29 is 19.1 Å². The molecule has 2 rings (SSSR count). The van der Waals surface area contributed by atoms with Crippen LogP contribution in [0, 0.1) is 12.8 Å². The summed E-state index contributed by atoms with van der Waals surface area (Å²) in [5.74, 6) is 0.922. The van der Waals surface area contributed by atoms with Gasteiger partial charge in [0.1, 0.15) is 11.9 Å². The van der Waals surface area contributed by atoms with Crippen molar-refractivity contribution >= 4 is 12.0 Å². The highest BCUT2D eigenvalue weighted by Crippen LogP contribution is 2.34. The highest BCUT2D eigenvalue weighted by molar-refractivity contribution is 5.86. The van der Waals surface area contributed by atoms with Crippen molar-refractivity contribution in [3.05, 3.63) is 17.7 Å². The molecule has 0 aromatic carbocycles. The van der Waals surface area contributed by atoms with Gasteiger partial charge in [-0.2, -0.15) is 0 Å². The lowest BCUT2D eigenvalue weighted by molar-refractivity contribution is -0.137. The van der Waals surface area contributed by atoms with Gasteiger partial charge in [0.25, 0.3) is 0 Å². The standard InChI is InChI=1S/C16H26N4O4/c1-9-6-12(14-17-7-10(2)18-14)20(8-9)15(21)13(11(3)23-4)19-16(22)24-5/h7,9,11-13H,6,8H2,1-5H3,(H,17,18)(H,19,22). The Labute approximate surface area is 141 Å². The molecule has 0 spiro atoms. The van der Waals surface area contributed by atoms with Crippen LogP contribution in [0.5, 0.6) is 0 Å². The van der Waals surface area contributed by atoms with Gasteiger partial charge in [0.2, 0.25) is 5.91 Å². The first-order chi connectivity index (χ1) is 11.4. The molecule has 1 aromatic heterocycles. The molecule has 8 nitrogen and oxygen atoms in total. The fourth-order valence-electron chi connectivity index (χ4n) is 3.03. The minimum Gasteiger partial charge on any atom is -0.453 e. The summed E-state index contributed by atoms with van der Waals surface area (Å²) in [7, 11) is 2.77. The number of carbonyl (C=O) groups excluding carboxylic acids is 2. The summed E-state index contributed by atoms with van der Waals surface area (Å²) >= 11 is 0. The minimum absolute atomic E-state index is 0.132. The Bertz CT molecular complexity index is 588. The molecular weight excluding hydrogens is 312 g/mol. The molecule has 0 saturated carbocycles. The molecule has 4 atom stereocenters. The van der Waals surface area contributed by atoms with Crippen LogP contribution < -0.4 is 5.32 Å². The second-order valence-corrected chi connectivity index (χ2v) is 6.35. The largest absolute Gasteiger partial charge is 0.453 e. The number of nitrogens with zero attached hydrogens (tertiary/aromatic N) is 2. The van der Waals surface area contributed by atoms with Crippen LogP contribution in [0.25, 0.3) is 0 Å². The lowest BCUT2D eigenvalue weighted by atomic mass is 10.1. The van der Waals surface area contributed by atoms with Crippen LogP contribution in [0.4, 0.5) is 4.79 Å². The summed E-state index contributed by atoms with van der Waals surface area (Å²) in [6.45, 7) is 6.37. The Kier molecular flexibility index (Phi) is 5.82. The summed E-state index contributed by atoms with van der Waals surface area (Å²) in [5.41, 5.74) is 0.950. The molecule has 8 heteroatoms. The third-order valence-electron chi connectivity index (χ3n) is 4.40. The van der Waals surface area contributed by atoms with Crippen molar-refractivity contribution in [1.29, 1.82) is 0 Å². The van der Waals surface area contributed by atoms with Crippen molar-refractivity contribution in [2.24, 2.45) is 5.92 Å². The summed E-state index contributed by atoms with van der Waals surface area (Å²) in [6.07, 6.45) is 1.44. The van der Waals surface area contributed by atoms with E-state index in [4.69, 9.17) is 4.74 Å². The second kappa shape index (κ2) is 7.65. The van der Waals surface area contributed by atoms with Gasteiger partial charge in [0.05, 0.1) is 19.3 Å². The number of alkyl carbamates (subject to hydrolysis) is 1. The molecule has 1 aliphatic rings. The van der Waals surface area contributed by atoms with Crippen LogP contribution in [0.15, 0.2) is 6.20 Å². The molecule has 0 aliphatic carbocycles. The van der Waals surface area contributed by atoms with Crippen LogP contribution >= 0.6 is 0 Å². The number of hydrogen-bond acceptors (Lipinski definition) is 5. The van der Waals surface area contributed by atoms with E-state index in [0.29, 0.717) is 12.5 Å². The number of hydrogen-bond donors (Lipinski definition) is 2. The second-order valence-electron chi connectivity index (χ2n) is 6.35. The van der Waals surface area contributed by atoms with E-state index in [-0.39, 0.29) is 11.9 Å². The van der Waals surface area contributed by atoms with Gasteiger partial charge in [-0.05, 0) is 26.2 Å². The van der Waals surface area contributed by atoms with Gasteiger partial charge in [-0.3, -0.25) is 4.79 Å².